The number of hydrogen-bond acceptors (Lipinski definition) is 3. The molecule has 0 bridgehead atoms. The summed E-state index contributed by atoms with van der Waals surface area (Å²) in [6.07, 6.45) is 4.25. The molecule has 0 saturated carbocycles. The van der Waals surface area contributed by atoms with Crippen LogP contribution in [0.4, 0.5) is 0 Å². The van der Waals surface area contributed by atoms with Gasteiger partial charge in [0.2, 0.25) is 9.05 Å². The highest BCUT2D eigenvalue weighted by Gasteiger charge is 2.05. The maximum Gasteiger partial charge on any atom is 0.232 e. The molecule has 0 spiro atoms. The second kappa shape index (κ2) is 7.49. The van der Waals surface area contributed by atoms with Crippen LogP contribution in [0.2, 0.25) is 0 Å². The molecule has 0 N–H and O–H groups in total. The molecule has 0 unspecified atom stereocenters. The molecule has 0 radical (unpaired) electrons. The summed E-state index contributed by atoms with van der Waals surface area (Å²) in [6.45, 7) is 4.01. The molecule has 0 aliphatic heterocycles. The summed E-state index contributed by atoms with van der Waals surface area (Å²) >= 11 is 0. The van der Waals surface area contributed by atoms with E-state index < -0.39 is 9.05 Å². The minimum absolute atomic E-state index is 0.0761. The van der Waals surface area contributed by atoms with E-state index in [1.54, 1.807) is 0 Å². The van der Waals surface area contributed by atoms with Crippen LogP contribution < -0.4 is 0 Å². The van der Waals surface area contributed by atoms with Gasteiger partial charge in [-0.25, -0.2) is 8.42 Å². The Kier molecular flexibility index (Phi) is 7.59. The molecule has 0 aliphatic rings. The fraction of sp³-hybridized carbons (Fsp3) is 1.00. The van der Waals surface area contributed by atoms with E-state index in [9.17, 15) is 8.42 Å². The van der Waals surface area contributed by atoms with E-state index in [0.29, 0.717) is 6.42 Å². The Morgan fingerprint density at radius 3 is 2.21 bits per heavy atom. The van der Waals surface area contributed by atoms with Crippen molar-refractivity contribution in [3.8, 4) is 0 Å². The fourth-order valence-corrected chi connectivity index (χ4v) is 2.05. The summed E-state index contributed by atoms with van der Waals surface area (Å²) in [6, 6.07) is 0. The second-order valence-electron chi connectivity index (χ2n) is 3.61. The average molecular weight is 242 g/mol. The monoisotopic (exact) mass is 241 g/mol. The van der Waals surface area contributed by atoms with Crippen LogP contribution in [0.1, 0.15) is 32.6 Å². The lowest BCUT2D eigenvalue weighted by Crippen LogP contribution is -2.22. The standard InChI is InChI=1S/C9H20ClNO2S/c1-3-4-5-7-11(2)8-6-9-14(10,12)13/h3-9H2,1-2H3. The minimum Gasteiger partial charge on any atom is -0.306 e. The predicted octanol–water partition coefficient (Wildman–Crippen LogP) is 2.07. The zero-order chi connectivity index (χ0) is 11.0. The molecular formula is C9H20ClNO2S. The maximum absolute atomic E-state index is 10.6. The normalized spacial score (nSPS) is 12.3. The summed E-state index contributed by atoms with van der Waals surface area (Å²) in [5.41, 5.74) is 0. The van der Waals surface area contributed by atoms with Crippen molar-refractivity contribution in [2.24, 2.45) is 0 Å². The van der Waals surface area contributed by atoms with Crippen LogP contribution in [0.3, 0.4) is 0 Å². The van der Waals surface area contributed by atoms with Gasteiger partial charge in [0, 0.05) is 10.7 Å². The molecule has 86 valence electrons. The molecule has 0 aromatic carbocycles. The minimum atomic E-state index is -3.30. The highest BCUT2D eigenvalue weighted by molar-refractivity contribution is 8.13. The first-order chi connectivity index (χ1) is 6.45. The molecule has 0 atom stereocenters. The summed E-state index contributed by atoms with van der Waals surface area (Å²) in [5, 5.41) is 0. The van der Waals surface area contributed by atoms with E-state index in [0.717, 1.165) is 13.1 Å². The van der Waals surface area contributed by atoms with E-state index in [1.807, 2.05) is 7.05 Å². The SMILES string of the molecule is CCCCCN(C)CCCS(=O)(=O)Cl. The van der Waals surface area contributed by atoms with Gasteiger partial charge >= 0.3 is 0 Å². The lowest BCUT2D eigenvalue weighted by molar-refractivity contribution is 0.326. The van der Waals surface area contributed by atoms with E-state index in [1.165, 1.54) is 19.3 Å². The van der Waals surface area contributed by atoms with Gasteiger partial charge in [-0.1, -0.05) is 19.8 Å². The molecular weight excluding hydrogens is 222 g/mol. The number of nitrogens with zero attached hydrogens (tertiary/aromatic N) is 1. The lowest BCUT2D eigenvalue weighted by atomic mass is 10.2. The largest absolute Gasteiger partial charge is 0.306 e. The number of unbranched alkanes of at least 4 members (excludes halogenated alkanes) is 2. The van der Waals surface area contributed by atoms with Gasteiger partial charge in [-0.2, -0.15) is 0 Å². The third kappa shape index (κ3) is 10.3. The Hall–Kier alpha value is 0.200. The van der Waals surface area contributed by atoms with Crippen molar-refractivity contribution in [3.63, 3.8) is 0 Å². The van der Waals surface area contributed by atoms with Gasteiger partial charge in [0.1, 0.15) is 0 Å². The zero-order valence-corrected chi connectivity index (χ0v) is 10.6. The van der Waals surface area contributed by atoms with Crippen molar-refractivity contribution in [1.82, 2.24) is 4.90 Å². The predicted molar refractivity (Wildman–Crippen MR) is 61.3 cm³/mol. The van der Waals surface area contributed by atoms with Gasteiger partial charge in [0.25, 0.3) is 0 Å². The molecule has 0 heterocycles. The van der Waals surface area contributed by atoms with Crippen LogP contribution in [0.15, 0.2) is 0 Å². The molecule has 0 aromatic heterocycles. The van der Waals surface area contributed by atoms with Crippen molar-refractivity contribution in [2.75, 3.05) is 25.9 Å². The van der Waals surface area contributed by atoms with Crippen molar-refractivity contribution in [3.05, 3.63) is 0 Å². The van der Waals surface area contributed by atoms with E-state index >= 15 is 0 Å². The Morgan fingerprint density at radius 1 is 1.14 bits per heavy atom. The van der Waals surface area contributed by atoms with E-state index in [2.05, 4.69) is 11.8 Å². The quantitative estimate of drug-likeness (QED) is 0.482. The third-order valence-electron chi connectivity index (χ3n) is 2.07. The summed E-state index contributed by atoms with van der Waals surface area (Å²) in [4.78, 5) is 2.15. The van der Waals surface area contributed by atoms with Gasteiger partial charge in [-0.3, -0.25) is 0 Å². The molecule has 0 rings (SSSR count). The van der Waals surface area contributed by atoms with Gasteiger partial charge in [-0.05, 0) is 33.0 Å². The van der Waals surface area contributed by atoms with Crippen molar-refractivity contribution < 1.29 is 8.42 Å². The molecule has 0 fully saturated rings. The number of halogens is 1. The van der Waals surface area contributed by atoms with Crippen LogP contribution in [-0.2, 0) is 9.05 Å². The highest BCUT2D eigenvalue weighted by Crippen LogP contribution is 2.01. The van der Waals surface area contributed by atoms with E-state index in [4.69, 9.17) is 10.7 Å². The van der Waals surface area contributed by atoms with Crippen LogP contribution in [0.25, 0.3) is 0 Å². The fourth-order valence-electron chi connectivity index (χ4n) is 1.25. The maximum atomic E-state index is 10.6. The molecule has 0 saturated heterocycles. The first kappa shape index (κ1) is 14.2. The molecule has 5 heteroatoms. The third-order valence-corrected chi connectivity index (χ3v) is 3.31. The Bertz CT molecular complexity index is 229. The van der Waals surface area contributed by atoms with Gasteiger partial charge in [0.05, 0.1) is 5.75 Å². The number of rotatable bonds is 8. The molecule has 0 aliphatic carbocycles. The molecule has 14 heavy (non-hydrogen) atoms. The topological polar surface area (TPSA) is 37.4 Å². The second-order valence-corrected chi connectivity index (χ2v) is 6.50. The van der Waals surface area contributed by atoms with Crippen LogP contribution in [0.5, 0.6) is 0 Å². The molecule has 0 amide bonds. The first-order valence-electron chi connectivity index (χ1n) is 5.06. The summed E-state index contributed by atoms with van der Waals surface area (Å²) in [7, 11) is 3.81. The van der Waals surface area contributed by atoms with E-state index in [-0.39, 0.29) is 5.75 Å². The van der Waals surface area contributed by atoms with Gasteiger partial charge in [0.15, 0.2) is 0 Å². The molecule has 0 aromatic rings. The smallest absolute Gasteiger partial charge is 0.232 e. The Morgan fingerprint density at radius 2 is 1.71 bits per heavy atom. The van der Waals surface area contributed by atoms with Crippen LogP contribution in [-0.4, -0.2) is 39.2 Å². The molecule has 3 nitrogen and oxygen atoms in total. The average Bonchev–Trinajstić information content (AvgIpc) is 2.02. The van der Waals surface area contributed by atoms with Crippen molar-refractivity contribution in [2.45, 2.75) is 32.6 Å². The van der Waals surface area contributed by atoms with Crippen molar-refractivity contribution >= 4 is 19.7 Å². The van der Waals surface area contributed by atoms with Crippen molar-refractivity contribution in [1.29, 1.82) is 0 Å². The van der Waals surface area contributed by atoms with Crippen LogP contribution >= 0.6 is 10.7 Å². The lowest BCUT2D eigenvalue weighted by Gasteiger charge is -2.15. The van der Waals surface area contributed by atoms with Gasteiger partial charge < -0.3 is 4.90 Å². The van der Waals surface area contributed by atoms with Crippen LogP contribution in [0, 0.1) is 0 Å². The van der Waals surface area contributed by atoms with Gasteiger partial charge in [-0.15, -0.1) is 0 Å². The Balaban J connectivity index is 3.40. The summed E-state index contributed by atoms with van der Waals surface area (Å²) in [5.74, 6) is 0.0761. The highest BCUT2D eigenvalue weighted by atomic mass is 35.7. The summed E-state index contributed by atoms with van der Waals surface area (Å²) < 4.78 is 21.2. The zero-order valence-electron chi connectivity index (χ0n) is 9.00. The Labute approximate surface area is 91.9 Å². The first-order valence-corrected chi connectivity index (χ1v) is 7.54. The number of hydrogen-bond donors (Lipinski definition) is 0.